The molecule has 0 unspecified atom stereocenters. The van der Waals surface area contributed by atoms with Crippen LogP contribution in [0.15, 0.2) is 48.5 Å². The van der Waals surface area contributed by atoms with Crippen molar-refractivity contribution in [1.29, 1.82) is 0 Å². The maximum atomic E-state index is 12.4. The van der Waals surface area contributed by atoms with Crippen LogP contribution in [0.25, 0.3) is 0 Å². The molecule has 1 amide bonds. The van der Waals surface area contributed by atoms with E-state index in [1.54, 1.807) is 25.2 Å². The van der Waals surface area contributed by atoms with E-state index in [0.717, 1.165) is 17.5 Å². The van der Waals surface area contributed by atoms with Crippen molar-refractivity contribution in [3.8, 4) is 11.5 Å². The fraction of sp³-hybridized carbons (Fsp3) is 0.316. The summed E-state index contributed by atoms with van der Waals surface area (Å²) in [6, 6.07) is 14.5. The highest BCUT2D eigenvalue weighted by Gasteiger charge is 2.21. The number of carbonyl (C=O) groups excluding carboxylic acids is 1. The lowest BCUT2D eigenvalue weighted by molar-refractivity contribution is -0.118. The molecule has 0 spiro atoms. The summed E-state index contributed by atoms with van der Waals surface area (Å²) in [6.07, 6.45) is 1.23. The van der Waals surface area contributed by atoms with Crippen molar-refractivity contribution < 1.29 is 22.7 Å². The monoisotopic (exact) mass is 390 g/mol. The van der Waals surface area contributed by atoms with E-state index in [1.165, 1.54) is 9.21 Å². The van der Waals surface area contributed by atoms with Gasteiger partial charge in [0.2, 0.25) is 22.7 Å². The van der Waals surface area contributed by atoms with Crippen molar-refractivity contribution >= 4 is 21.6 Å². The van der Waals surface area contributed by atoms with Gasteiger partial charge in [0.15, 0.2) is 11.5 Å². The van der Waals surface area contributed by atoms with Crippen LogP contribution < -0.4 is 14.4 Å². The Balaban J connectivity index is 1.66. The Labute approximate surface area is 159 Å². The quantitative estimate of drug-likeness (QED) is 0.725. The molecule has 0 aromatic heterocycles. The van der Waals surface area contributed by atoms with Crippen LogP contribution >= 0.6 is 0 Å². The Morgan fingerprint density at radius 1 is 1.07 bits per heavy atom. The molecule has 0 bridgehead atoms. The lowest BCUT2D eigenvalue weighted by atomic mass is 10.2. The molecule has 0 N–H and O–H groups in total. The van der Waals surface area contributed by atoms with Gasteiger partial charge in [-0.05, 0) is 29.8 Å². The van der Waals surface area contributed by atoms with E-state index in [-0.39, 0.29) is 32.2 Å². The van der Waals surface area contributed by atoms with Gasteiger partial charge in [-0.15, -0.1) is 0 Å². The summed E-state index contributed by atoms with van der Waals surface area (Å²) >= 11 is 0. The van der Waals surface area contributed by atoms with Crippen LogP contribution in [0.5, 0.6) is 11.5 Å². The van der Waals surface area contributed by atoms with E-state index in [1.807, 2.05) is 30.3 Å². The van der Waals surface area contributed by atoms with Gasteiger partial charge < -0.3 is 14.4 Å². The lowest BCUT2D eigenvalue weighted by Gasteiger charge is -2.22. The number of para-hydroxylation sites is 1. The molecule has 0 fully saturated rings. The molecule has 1 heterocycles. The van der Waals surface area contributed by atoms with Crippen LogP contribution in [0.3, 0.4) is 0 Å². The molecule has 8 heteroatoms. The van der Waals surface area contributed by atoms with Gasteiger partial charge in [-0.1, -0.05) is 24.3 Å². The fourth-order valence-electron chi connectivity index (χ4n) is 2.79. The van der Waals surface area contributed by atoms with Gasteiger partial charge in [-0.2, -0.15) is 4.31 Å². The predicted molar refractivity (Wildman–Crippen MR) is 102 cm³/mol. The van der Waals surface area contributed by atoms with Crippen LogP contribution in [-0.4, -0.2) is 45.3 Å². The third kappa shape index (κ3) is 4.78. The lowest BCUT2D eigenvalue weighted by Crippen LogP contribution is -2.35. The molecule has 0 radical (unpaired) electrons. The maximum Gasteiger partial charge on any atom is 0.231 e. The number of carbonyl (C=O) groups is 1. The van der Waals surface area contributed by atoms with Crippen LogP contribution in [0, 0.1) is 0 Å². The Hall–Kier alpha value is -2.58. The number of rotatable bonds is 7. The van der Waals surface area contributed by atoms with Crippen LogP contribution in [0.2, 0.25) is 0 Å². The normalized spacial score (nSPS) is 13.0. The standard InChI is InChI=1S/C19H22N2O5S/c1-20(16-6-4-3-5-7-16)19(22)10-11-21(27(2,23)24)13-15-8-9-17-18(12-15)26-14-25-17/h3-9,12H,10-11,13-14H2,1-2H3. The van der Waals surface area contributed by atoms with E-state index < -0.39 is 10.0 Å². The average Bonchev–Trinajstić information content (AvgIpc) is 3.11. The van der Waals surface area contributed by atoms with Gasteiger partial charge in [0.1, 0.15) is 0 Å². The Kier molecular flexibility index (Phi) is 5.67. The van der Waals surface area contributed by atoms with Crippen molar-refractivity contribution in [2.75, 3.05) is 31.5 Å². The summed E-state index contributed by atoms with van der Waals surface area (Å²) < 4.78 is 36.2. The van der Waals surface area contributed by atoms with Gasteiger partial charge >= 0.3 is 0 Å². The summed E-state index contributed by atoms with van der Waals surface area (Å²) in [5.41, 5.74) is 1.54. The smallest absolute Gasteiger partial charge is 0.231 e. The number of amides is 1. The van der Waals surface area contributed by atoms with Crippen LogP contribution in [-0.2, 0) is 21.4 Å². The van der Waals surface area contributed by atoms with Crippen LogP contribution in [0.1, 0.15) is 12.0 Å². The fourth-order valence-corrected chi connectivity index (χ4v) is 3.60. The van der Waals surface area contributed by atoms with Crippen molar-refractivity contribution in [3.05, 3.63) is 54.1 Å². The number of anilines is 1. The minimum absolute atomic E-state index is 0.0863. The molecule has 1 aliphatic heterocycles. The first kappa shape index (κ1) is 19.2. The number of nitrogens with zero attached hydrogens (tertiary/aromatic N) is 2. The number of ether oxygens (including phenoxy) is 2. The number of hydrogen-bond acceptors (Lipinski definition) is 5. The molecule has 0 saturated heterocycles. The second-order valence-electron chi connectivity index (χ2n) is 6.32. The Morgan fingerprint density at radius 3 is 2.48 bits per heavy atom. The first-order valence-corrected chi connectivity index (χ1v) is 10.3. The van der Waals surface area contributed by atoms with E-state index in [9.17, 15) is 13.2 Å². The molecule has 144 valence electrons. The first-order chi connectivity index (χ1) is 12.8. The van der Waals surface area contributed by atoms with Gasteiger partial charge in [0.05, 0.1) is 6.26 Å². The number of benzene rings is 2. The van der Waals surface area contributed by atoms with Crippen molar-refractivity contribution in [2.45, 2.75) is 13.0 Å². The zero-order chi connectivity index (χ0) is 19.4. The van der Waals surface area contributed by atoms with Gasteiger partial charge in [-0.25, -0.2) is 8.42 Å². The second-order valence-corrected chi connectivity index (χ2v) is 8.30. The highest BCUT2D eigenvalue weighted by atomic mass is 32.2. The zero-order valence-electron chi connectivity index (χ0n) is 15.3. The molecule has 2 aromatic rings. The summed E-state index contributed by atoms with van der Waals surface area (Å²) in [5.74, 6) is 1.09. The number of fused-ring (bicyclic) bond motifs is 1. The second kappa shape index (κ2) is 7.98. The van der Waals surface area contributed by atoms with E-state index in [2.05, 4.69) is 0 Å². The molecule has 1 aliphatic rings. The summed E-state index contributed by atoms with van der Waals surface area (Å²) in [6.45, 7) is 0.427. The first-order valence-electron chi connectivity index (χ1n) is 8.50. The van der Waals surface area contributed by atoms with E-state index in [4.69, 9.17) is 9.47 Å². The van der Waals surface area contributed by atoms with Crippen LogP contribution in [0.4, 0.5) is 5.69 Å². The summed E-state index contributed by atoms with van der Waals surface area (Å²) in [5, 5.41) is 0. The summed E-state index contributed by atoms with van der Waals surface area (Å²) in [7, 11) is -1.79. The van der Waals surface area contributed by atoms with Gasteiger partial charge in [0, 0.05) is 32.2 Å². The SMILES string of the molecule is CN(C(=O)CCN(Cc1ccc2c(c1)OCO2)S(C)(=O)=O)c1ccccc1. The molecule has 7 nitrogen and oxygen atoms in total. The largest absolute Gasteiger partial charge is 0.454 e. The zero-order valence-corrected chi connectivity index (χ0v) is 16.1. The molecule has 2 aromatic carbocycles. The maximum absolute atomic E-state index is 12.4. The molecule has 27 heavy (non-hydrogen) atoms. The van der Waals surface area contributed by atoms with Gasteiger partial charge in [-0.3, -0.25) is 4.79 Å². The third-order valence-electron chi connectivity index (χ3n) is 4.36. The highest BCUT2D eigenvalue weighted by molar-refractivity contribution is 7.88. The topological polar surface area (TPSA) is 76.2 Å². The third-order valence-corrected chi connectivity index (χ3v) is 5.61. The highest BCUT2D eigenvalue weighted by Crippen LogP contribution is 2.33. The average molecular weight is 390 g/mol. The molecular formula is C19H22N2O5S. The molecule has 0 atom stereocenters. The Morgan fingerprint density at radius 2 is 1.78 bits per heavy atom. The van der Waals surface area contributed by atoms with Crippen molar-refractivity contribution in [1.82, 2.24) is 4.31 Å². The minimum atomic E-state index is -3.47. The van der Waals surface area contributed by atoms with Gasteiger partial charge in [0.25, 0.3) is 0 Å². The summed E-state index contributed by atoms with van der Waals surface area (Å²) in [4.78, 5) is 14.0. The number of hydrogen-bond donors (Lipinski definition) is 0. The molecule has 3 rings (SSSR count). The number of sulfonamides is 1. The van der Waals surface area contributed by atoms with Crippen molar-refractivity contribution in [2.24, 2.45) is 0 Å². The predicted octanol–water partition coefficient (Wildman–Crippen LogP) is 2.23. The van der Waals surface area contributed by atoms with E-state index in [0.29, 0.717) is 11.5 Å². The minimum Gasteiger partial charge on any atom is -0.454 e. The molecular weight excluding hydrogens is 368 g/mol. The Bertz CT molecular complexity index is 915. The molecule has 0 aliphatic carbocycles. The van der Waals surface area contributed by atoms with Crippen molar-refractivity contribution in [3.63, 3.8) is 0 Å². The molecule has 0 saturated carbocycles. The van der Waals surface area contributed by atoms with E-state index >= 15 is 0 Å².